The first kappa shape index (κ1) is 33.0. The number of aromatic hydroxyl groups is 1. The fraction of sp³-hybridized carbons (Fsp3) is 0.343. The van der Waals surface area contributed by atoms with Gasteiger partial charge in [0.05, 0.1) is 28.7 Å². The smallest absolute Gasteiger partial charge is 0.314 e. The number of carboxylic acid groups (broad SMARTS) is 1. The zero-order chi connectivity index (χ0) is 32.7. The Balaban J connectivity index is 1.02. The standard InChI is InChI=1S/C35H38ClN3O7/c36-27-21-23(33(43)39-18-15-35(16-19-39,34(44)45)24-7-3-1-4-8-24)9-13-30(27)46-20-6-2-5-17-37-22-29(41)25-10-12-28(40)32-26(25)11-14-31(42)38-32/h1,3-4,7-14,21,29,37,40-41H,2,5-6,15-20,22H2,(H,38,42)(H,44,45)/t29-/m0/s1. The number of carbonyl (C=O) groups excluding carboxylic acids is 1. The number of aliphatic hydroxyl groups is 1. The van der Waals surface area contributed by atoms with E-state index in [2.05, 4.69) is 10.3 Å². The number of fused-ring (bicyclic) bond motifs is 1. The van der Waals surface area contributed by atoms with Crippen molar-refractivity contribution in [1.29, 1.82) is 0 Å². The molecule has 46 heavy (non-hydrogen) atoms. The van der Waals surface area contributed by atoms with Crippen LogP contribution < -0.4 is 15.6 Å². The van der Waals surface area contributed by atoms with E-state index in [0.717, 1.165) is 24.8 Å². The number of likely N-dealkylation sites (tertiary alicyclic amines) is 1. The molecule has 3 aromatic carbocycles. The lowest BCUT2D eigenvalue weighted by Crippen LogP contribution is -2.49. The van der Waals surface area contributed by atoms with Crippen molar-refractivity contribution in [3.8, 4) is 11.5 Å². The number of ether oxygens (including phenoxy) is 1. The molecule has 5 N–H and O–H groups in total. The monoisotopic (exact) mass is 647 g/mol. The number of unbranched alkanes of at least 4 members (excludes halogenated alkanes) is 2. The van der Waals surface area contributed by atoms with Gasteiger partial charge < -0.3 is 35.3 Å². The molecule has 1 aliphatic rings. The molecular formula is C35H38ClN3O7. The highest BCUT2D eigenvalue weighted by molar-refractivity contribution is 6.32. The summed E-state index contributed by atoms with van der Waals surface area (Å²) < 4.78 is 5.85. The summed E-state index contributed by atoms with van der Waals surface area (Å²) in [5, 5.41) is 34.9. The molecule has 0 spiro atoms. The second-order valence-electron chi connectivity index (χ2n) is 11.6. The van der Waals surface area contributed by atoms with Crippen LogP contribution in [0.15, 0.2) is 77.6 Å². The van der Waals surface area contributed by atoms with E-state index in [0.29, 0.717) is 78.4 Å². The molecular weight excluding hydrogens is 610 g/mol. The highest BCUT2D eigenvalue weighted by atomic mass is 35.5. The van der Waals surface area contributed by atoms with Crippen LogP contribution in [0.3, 0.4) is 0 Å². The Labute approximate surface area is 271 Å². The molecule has 1 aliphatic heterocycles. The summed E-state index contributed by atoms with van der Waals surface area (Å²) in [6, 6.07) is 20.2. The maximum absolute atomic E-state index is 13.2. The van der Waals surface area contributed by atoms with Gasteiger partial charge in [0.15, 0.2) is 0 Å². The van der Waals surface area contributed by atoms with Gasteiger partial charge in [0.25, 0.3) is 5.91 Å². The fourth-order valence-electron chi connectivity index (χ4n) is 6.02. The Morgan fingerprint density at radius 2 is 1.76 bits per heavy atom. The molecule has 0 bridgehead atoms. The Morgan fingerprint density at radius 3 is 2.48 bits per heavy atom. The van der Waals surface area contributed by atoms with E-state index in [1.807, 2.05) is 30.3 Å². The number of aromatic nitrogens is 1. The topological polar surface area (TPSA) is 152 Å². The van der Waals surface area contributed by atoms with Gasteiger partial charge in [0.2, 0.25) is 5.56 Å². The van der Waals surface area contributed by atoms with E-state index in [4.69, 9.17) is 16.3 Å². The van der Waals surface area contributed by atoms with Crippen molar-refractivity contribution in [3.05, 3.63) is 105 Å². The third kappa shape index (κ3) is 7.36. The van der Waals surface area contributed by atoms with Crippen LogP contribution in [0.2, 0.25) is 5.02 Å². The second-order valence-corrected chi connectivity index (χ2v) is 12.0. The maximum Gasteiger partial charge on any atom is 0.314 e. The van der Waals surface area contributed by atoms with Gasteiger partial charge in [-0.25, -0.2) is 0 Å². The Bertz CT molecular complexity index is 1740. The van der Waals surface area contributed by atoms with Gasteiger partial charge in [-0.2, -0.15) is 0 Å². The lowest BCUT2D eigenvalue weighted by atomic mass is 9.73. The van der Waals surface area contributed by atoms with Gasteiger partial charge in [0, 0.05) is 36.7 Å². The summed E-state index contributed by atoms with van der Waals surface area (Å²) in [7, 11) is 0. The number of nitrogens with one attached hydrogen (secondary N) is 2. The van der Waals surface area contributed by atoms with E-state index in [-0.39, 0.29) is 17.2 Å². The molecule has 0 saturated carbocycles. The van der Waals surface area contributed by atoms with Gasteiger partial charge in [-0.3, -0.25) is 14.4 Å². The number of carboxylic acids is 1. The van der Waals surface area contributed by atoms with E-state index in [1.165, 1.54) is 12.1 Å². The number of aromatic amines is 1. The molecule has 4 aromatic rings. The summed E-state index contributed by atoms with van der Waals surface area (Å²) in [6.45, 7) is 2.13. The van der Waals surface area contributed by atoms with Crippen LogP contribution in [0.1, 0.15) is 59.7 Å². The molecule has 1 fully saturated rings. The van der Waals surface area contributed by atoms with E-state index < -0.39 is 17.5 Å². The van der Waals surface area contributed by atoms with Crippen molar-refractivity contribution in [2.24, 2.45) is 0 Å². The van der Waals surface area contributed by atoms with Crippen LogP contribution in [-0.4, -0.2) is 69.9 Å². The predicted molar refractivity (Wildman–Crippen MR) is 176 cm³/mol. The number of piperidine rings is 1. The minimum absolute atomic E-state index is 0.0449. The predicted octanol–water partition coefficient (Wildman–Crippen LogP) is 5.02. The zero-order valence-corrected chi connectivity index (χ0v) is 26.1. The molecule has 2 heterocycles. The Kier molecular flexibility index (Phi) is 10.6. The molecule has 0 radical (unpaired) electrons. The average Bonchev–Trinajstić information content (AvgIpc) is 3.06. The molecule has 1 saturated heterocycles. The number of pyridine rings is 1. The molecule has 1 atom stereocenters. The average molecular weight is 648 g/mol. The lowest BCUT2D eigenvalue weighted by molar-refractivity contribution is -0.145. The van der Waals surface area contributed by atoms with Crippen LogP contribution in [0, 0.1) is 0 Å². The summed E-state index contributed by atoms with van der Waals surface area (Å²) in [5.41, 5.74) is 0.789. The van der Waals surface area contributed by atoms with Crippen LogP contribution in [0.25, 0.3) is 10.9 Å². The first-order valence-corrected chi connectivity index (χ1v) is 15.8. The molecule has 11 heteroatoms. The SMILES string of the molecule is O=C(c1ccc(OCCCCCNC[C@H](O)c2ccc(O)c3[nH]c(=O)ccc23)c(Cl)c1)N1CCC(C(=O)O)(c2ccccc2)CC1. The largest absolute Gasteiger partial charge is 0.506 e. The van der Waals surface area contributed by atoms with E-state index in [9.17, 15) is 29.7 Å². The van der Waals surface area contributed by atoms with Crippen molar-refractivity contribution in [2.75, 3.05) is 32.8 Å². The molecule has 0 unspecified atom stereocenters. The molecule has 1 amide bonds. The molecule has 5 rings (SSSR count). The van der Waals surface area contributed by atoms with Gasteiger partial charge >= 0.3 is 5.97 Å². The van der Waals surface area contributed by atoms with E-state index in [1.54, 1.807) is 35.2 Å². The minimum Gasteiger partial charge on any atom is -0.506 e. The van der Waals surface area contributed by atoms with Gasteiger partial charge in [-0.05, 0) is 80.1 Å². The number of nitrogens with zero attached hydrogens (tertiary/aromatic N) is 1. The van der Waals surface area contributed by atoms with E-state index >= 15 is 0 Å². The van der Waals surface area contributed by atoms with Gasteiger partial charge in [0.1, 0.15) is 11.5 Å². The number of rotatable bonds is 13. The number of phenolic OH excluding ortho intramolecular Hbond substituents is 1. The van der Waals surface area contributed by atoms with Crippen LogP contribution in [-0.2, 0) is 10.2 Å². The number of aliphatic hydroxyl groups excluding tert-OH is 1. The number of carbonyl (C=O) groups is 2. The summed E-state index contributed by atoms with van der Waals surface area (Å²) in [5.74, 6) is -0.608. The highest BCUT2D eigenvalue weighted by Gasteiger charge is 2.44. The normalized spacial score (nSPS) is 15.0. The third-order valence-corrected chi connectivity index (χ3v) is 8.97. The number of amides is 1. The molecule has 0 aliphatic carbocycles. The van der Waals surface area contributed by atoms with Crippen molar-refractivity contribution in [3.63, 3.8) is 0 Å². The number of H-pyrrole nitrogens is 1. The Morgan fingerprint density at radius 1 is 1.00 bits per heavy atom. The quantitative estimate of drug-likeness (QED) is 0.127. The zero-order valence-electron chi connectivity index (χ0n) is 25.4. The van der Waals surface area contributed by atoms with Crippen LogP contribution in [0.4, 0.5) is 0 Å². The molecule has 242 valence electrons. The van der Waals surface area contributed by atoms with Gasteiger partial charge in [-0.1, -0.05) is 48.0 Å². The van der Waals surface area contributed by atoms with Gasteiger partial charge in [-0.15, -0.1) is 0 Å². The summed E-state index contributed by atoms with van der Waals surface area (Å²) >= 11 is 6.46. The number of aliphatic carboxylic acids is 1. The van der Waals surface area contributed by atoms with Crippen molar-refractivity contribution < 1.29 is 29.6 Å². The molecule has 10 nitrogen and oxygen atoms in total. The number of hydrogen-bond acceptors (Lipinski definition) is 7. The minimum atomic E-state index is -1.00. The first-order chi connectivity index (χ1) is 22.2. The molecule has 1 aromatic heterocycles. The maximum atomic E-state index is 13.2. The first-order valence-electron chi connectivity index (χ1n) is 15.4. The van der Waals surface area contributed by atoms with Crippen molar-refractivity contribution in [2.45, 2.75) is 43.6 Å². The number of halogens is 1. The lowest BCUT2D eigenvalue weighted by Gasteiger charge is -2.39. The van der Waals surface area contributed by atoms with Crippen LogP contribution in [0.5, 0.6) is 11.5 Å². The van der Waals surface area contributed by atoms with Crippen LogP contribution >= 0.6 is 11.6 Å². The number of hydrogen-bond donors (Lipinski definition) is 5. The fourth-order valence-corrected chi connectivity index (χ4v) is 6.25. The second kappa shape index (κ2) is 14.8. The summed E-state index contributed by atoms with van der Waals surface area (Å²) in [6.07, 6.45) is 2.40. The third-order valence-electron chi connectivity index (χ3n) is 8.68. The Hall–Kier alpha value is -4.38. The number of benzene rings is 3. The van der Waals surface area contributed by atoms with Crippen molar-refractivity contribution in [1.82, 2.24) is 15.2 Å². The number of phenols is 1. The highest BCUT2D eigenvalue weighted by Crippen LogP contribution is 2.37. The van der Waals surface area contributed by atoms with Crippen molar-refractivity contribution >= 4 is 34.4 Å². The summed E-state index contributed by atoms with van der Waals surface area (Å²) in [4.78, 5) is 41.3.